The lowest BCUT2D eigenvalue weighted by atomic mass is 10.1. The molecule has 0 unspecified atom stereocenters. The van der Waals surface area contributed by atoms with Gasteiger partial charge in [0.15, 0.2) is 11.5 Å². The van der Waals surface area contributed by atoms with E-state index in [4.69, 9.17) is 14.2 Å². The van der Waals surface area contributed by atoms with Crippen LogP contribution in [0.25, 0.3) is 0 Å². The van der Waals surface area contributed by atoms with Gasteiger partial charge in [0.05, 0.1) is 32.6 Å². The van der Waals surface area contributed by atoms with Gasteiger partial charge in [0.1, 0.15) is 0 Å². The summed E-state index contributed by atoms with van der Waals surface area (Å²) in [6.07, 6.45) is 0.954. The molecule has 2 heterocycles. The first-order valence-corrected chi connectivity index (χ1v) is 7.95. The van der Waals surface area contributed by atoms with Gasteiger partial charge in [0.2, 0.25) is 0 Å². The topological polar surface area (TPSA) is 72.1 Å². The maximum Gasteiger partial charge on any atom is 0.319 e. The number of hydrogen-bond donors (Lipinski definition) is 2. The van der Waals surface area contributed by atoms with Gasteiger partial charge in [-0.15, -0.1) is 0 Å². The van der Waals surface area contributed by atoms with Crippen molar-refractivity contribution in [3.8, 4) is 11.5 Å². The van der Waals surface area contributed by atoms with Gasteiger partial charge in [-0.3, -0.25) is 4.90 Å². The van der Waals surface area contributed by atoms with Gasteiger partial charge < -0.3 is 24.8 Å². The highest BCUT2D eigenvalue weighted by Crippen LogP contribution is 2.34. The van der Waals surface area contributed by atoms with Crippen LogP contribution in [0.5, 0.6) is 11.5 Å². The van der Waals surface area contributed by atoms with Crippen LogP contribution in [0, 0.1) is 0 Å². The van der Waals surface area contributed by atoms with E-state index >= 15 is 0 Å². The van der Waals surface area contributed by atoms with E-state index in [1.807, 2.05) is 12.1 Å². The molecule has 0 bridgehead atoms. The van der Waals surface area contributed by atoms with Crippen molar-refractivity contribution in [1.29, 1.82) is 0 Å². The molecule has 1 aromatic rings. The predicted octanol–water partition coefficient (Wildman–Crippen LogP) is 1.43. The van der Waals surface area contributed by atoms with E-state index in [2.05, 4.69) is 15.5 Å². The zero-order valence-corrected chi connectivity index (χ0v) is 13.4. The Balaban J connectivity index is 1.55. The van der Waals surface area contributed by atoms with E-state index in [-0.39, 0.29) is 6.03 Å². The summed E-state index contributed by atoms with van der Waals surface area (Å²) < 4.78 is 16.6. The fourth-order valence-corrected chi connectivity index (χ4v) is 2.77. The van der Waals surface area contributed by atoms with Gasteiger partial charge in [0.25, 0.3) is 0 Å². The predicted molar refractivity (Wildman–Crippen MR) is 86.2 cm³/mol. The van der Waals surface area contributed by atoms with E-state index in [0.29, 0.717) is 24.7 Å². The van der Waals surface area contributed by atoms with E-state index in [9.17, 15) is 4.79 Å². The van der Waals surface area contributed by atoms with Crippen LogP contribution in [-0.2, 0) is 11.3 Å². The van der Waals surface area contributed by atoms with Crippen LogP contribution in [0.4, 0.5) is 10.5 Å². The summed E-state index contributed by atoms with van der Waals surface area (Å²) >= 11 is 0. The minimum absolute atomic E-state index is 0.196. The van der Waals surface area contributed by atoms with Gasteiger partial charge in [-0.1, -0.05) is 0 Å². The Hall–Kier alpha value is -1.99. The largest absolute Gasteiger partial charge is 0.493 e. The SMILES string of the molecule is COc1cc2c(cc1OCCCN1CCOCC1)CNC(=O)N2. The van der Waals surface area contributed by atoms with E-state index in [1.165, 1.54) is 0 Å². The number of anilines is 1. The maximum absolute atomic E-state index is 11.4. The summed E-state index contributed by atoms with van der Waals surface area (Å²) in [5, 5.41) is 5.52. The molecule has 2 aliphatic heterocycles. The third kappa shape index (κ3) is 4.05. The standard InChI is InChI=1S/C16H23N3O4/c1-21-14-10-13-12(11-17-16(20)18-13)9-15(14)23-6-2-3-19-4-7-22-8-5-19/h9-10H,2-8,11H2,1H3,(H2,17,18,20). The van der Waals surface area contributed by atoms with Crippen LogP contribution in [0.3, 0.4) is 0 Å². The van der Waals surface area contributed by atoms with Crippen molar-refractivity contribution in [2.45, 2.75) is 13.0 Å². The van der Waals surface area contributed by atoms with Crippen LogP contribution in [0.15, 0.2) is 12.1 Å². The lowest BCUT2D eigenvalue weighted by Crippen LogP contribution is -2.37. The third-order valence-corrected chi connectivity index (χ3v) is 4.06. The number of rotatable bonds is 6. The van der Waals surface area contributed by atoms with E-state index in [0.717, 1.165) is 50.5 Å². The zero-order valence-electron chi connectivity index (χ0n) is 13.4. The first-order valence-electron chi connectivity index (χ1n) is 7.95. The Kier molecular flexibility index (Phi) is 5.19. The third-order valence-electron chi connectivity index (χ3n) is 4.06. The second kappa shape index (κ2) is 7.52. The molecule has 2 N–H and O–H groups in total. The van der Waals surface area contributed by atoms with Crippen molar-refractivity contribution in [2.75, 3.05) is 51.9 Å². The number of nitrogens with zero attached hydrogens (tertiary/aromatic N) is 1. The normalized spacial score (nSPS) is 17.9. The molecule has 0 aromatic heterocycles. The minimum atomic E-state index is -0.196. The van der Waals surface area contributed by atoms with Crippen molar-refractivity contribution < 1.29 is 19.0 Å². The zero-order chi connectivity index (χ0) is 16.1. The van der Waals surface area contributed by atoms with E-state index < -0.39 is 0 Å². The summed E-state index contributed by atoms with van der Waals surface area (Å²) in [5.74, 6) is 1.35. The molecule has 2 amide bonds. The number of carbonyl (C=O) groups is 1. The summed E-state index contributed by atoms with van der Waals surface area (Å²) in [6, 6.07) is 3.54. The van der Waals surface area contributed by atoms with Gasteiger partial charge in [-0.25, -0.2) is 4.79 Å². The number of nitrogens with one attached hydrogen (secondary N) is 2. The second-order valence-electron chi connectivity index (χ2n) is 5.62. The molecule has 0 spiro atoms. The highest BCUT2D eigenvalue weighted by molar-refractivity contribution is 5.92. The minimum Gasteiger partial charge on any atom is -0.493 e. The monoisotopic (exact) mass is 321 g/mol. The van der Waals surface area contributed by atoms with Crippen molar-refractivity contribution in [3.63, 3.8) is 0 Å². The number of ether oxygens (including phenoxy) is 3. The van der Waals surface area contributed by atoms with Gasteiger partial charge in [-0.2, -0.15) is 0 Å². The molecule has 7 nitrogen and oxygen atoms in total. The van der Waals surface area contributed by atoms with Crippen LogP contribution < -0.4 is 20.1 Å². The Bertz CT molecular complexity index is 559. The fourth-order valence-electron chi connectivity index (χ4n) is 2.77. The number of fused-ring (bicyclic) bond motifs is 1. The van der Waals surface area contributed by atoms with Crippen molar-refractivity contribution in [2.24, 2.45) is 0 Å². The van der Waals surface area contributed by atoms with Gasteiger partial charge in [0, 0.05) is 32.2 Å². The fraction of sp³-hybridized carbons (Fsp3) is 0.562. The number of morpholine rings is 1. The Morgan fingerprint density at radius 2 is 2.09 bits per heavy atom. The second-order valence-corrected chi connectivity index (χ2v) is 5.62. The van der Waals surface area contributed by atoms with Crippen molar-refractivity contribution >= 4 is 11.7 Å². The molecule has 0 atom stereocenters. The molecule has 3 rings (SSSR count). The van der Waals surface area contributed by atoms with Crippen LogP contribution in [-0.4, -0.2) is 57.5 Å². The lowest BCUT2D eigenvalue weighted by molar-refractivity contribution is 0.0357. The summed E-state index contributed by atoms with van der Waals surface area (Å²) in [4.78, 5) is 13.7. The van der Waals surface area contributed by atoms with Gasteiger partial charge in [-0.05, 0) is 18.1 Å². The molecule has 0 radical (unpaired) electrons. The van der Waals surface area contributed by atoms with Crippen molar-refractivity contribution in [1.82, 2.24) is 10.2 Å². The smallest absolute Gasteiger partial charge is 0.319 e. The Labute approximate surface area is 135 Å². The molecule has 23 heavy (non-hydrogen) atoms. The number of amides is 2. The Morgan fingerprint density at radius 3 is 2.87 bits per heavy atom. The molecule has 2 aliphatic rings. The maximum atomic E-state index is 11.4. The average Bonchev–Trinajstić information content (AvgIpc) is 2.59. The highest BCUT2D eigenvalue weighted by Gasteiger charge is 2.18. The number of benzene rings is 1. The molecule has 1 fully saturated rings. The van der Waals surface area contributed by atoms with Crippen LogP contribution in [0.1, 0.15) is 12.0 Å². The molecular weight excluding hydrogens is 298 g/mol. The number of carbonyl (C=O) groups excluding carboxylic acids is 1. The molecule has 0 aliphatic carbocycles. The molecule has 1 saturated heterocycles. The summed E-state index contributed by atoms with van der Waals surface area (Å²) in [6.45, 7) is 5.76. The summed E-state index contributed by atoms with van der Waals surface area (Å²) in [5.41, 5.74) is 1.76. The van der Waals surface area contributed by atoms with Gasteiger partial charge >= 0.3 is 6.03 Å². The highest BCUT2D eigenvalue weighted by atomic mass is 16.5. The molecule has 1 aromatic carbocycles. The number of hydrogen-bond acceptors (Lipinski definition) is 5. The molecule has 126 valence electrons. The molecular formula is C16H23N3O4. The number of urea groups is 1. The lowest BCUT2D eigenvalue weighted by Gasteiger charge is -2.26. The average molecular weight is 321 g/mol. The molecule has 7 heteroatoms. The van der Waals surface area contributed by atoms with Crippen molar-refractivity contribution in [3.05, 3.63) is 17.7 Å². The quantitative estimate of drug-likeness (QED) is 0.776. The van der Waals surface area contributed by atoms with Crippen LogP contribution >= 0.6 is 0 Å². The summed E-state index contributed by atoms with van der Waals surface area (Å²) in [7, 11) is 1.60. The first kappa shape index (κ1) is 15.9. The number of methoxy groups -OCH3 is 1. The Morgan fingerprint density at radius 1 is 1.26 bits per heavy atom. The van der Waals surface area contributed by atoms with Crippen LogP contribution in [0.2, 0.25) is 0 Å². The van der Waals surface area contributed by atoms with E-state index in [1.54, 1.807) is 7.11 Å². The first-order chi connectivity index (χ1) is 11.3. The molecule has 0 saturated carbocycles.